The van der Waals surface area contributed by atoms with Gasteiger partial charge in [-0.2, -0.15) is 23.1 Å². The zero-order valence-electron chi connectivity index (χ0n) is 22.0. The second kappa shape index (κ2) is 12.7. The van der Waals surface area contributed by atoms with Crippen molar-refractivity contribution in [2.45, 2.75) is 38.6 Å². The van der Waals surface area contributed by atoms with Crippen molar-refractivity contribution < 1.29 is 17.9 Å². The molecular formula is C26H36N6O5S. The maximum Gasteiger partial charge on any atom is 0.304 e. The molecule has 4 rings (SSSR count). The highest BCUT2D eigenvalue weighted by molar-refractivity contribution is 7.90. The summed E-state index contributed by atoms with van der Waals surface area (Å²) in [7, 11) is -2.32. The Labute approximate surface area is 224 Å². The Morgan fingerprint density at radius 1 is 1.24 bits per heavy atom. The van der Waals surface area contributed by atoms with Crippen LogP contribution < -0.4 is 15.2 Å². The molecule has 2 aliphatic rings. The van der Waals surface area contributed by atoms with Gasteiger partial charge in [0.2, 0.25) is 0 Å². The van der Waals surface area contributed by atoms with Crippen LogP contribution in [0.4, 0.5) is 11.4 Å². The molecule has 2 aromatic rings. The summed E-state index contributed by atoms with van der Waals surface area (Å²) >= 11 is 0. The standard InChI is InChI=1S/C26H36N6O5S/c1-20-25(28-17-22-4-3-14-37-19-22)18-29-32(26(20)33)24-9-11-30(12-10-24)38(34,35)31(13-15-36-2)23-7-5-21(16-27)6-8-23/h5-8,18,22,24,28H,3-4,9-15,17,19H2,1-2H3. The predicted molar refractivity (Wildman–Crippen MR) is 144 cm³/mol. The third-order valence-electron chi connectivity index (χ3n) is 7.24. The van der Waals surface area contributed by atoms with Gasteiger partial charge in [-0.3, -0.25) is 9.10 Å². The quantitative estimate of drug-likeness (QED) is 0.482. The number of nitriles is 1. The Bertz CT molecular complexity index is 1280. The number of methoxy groups -OCH3 is 1. The minimum absolute atomic E-state index is 0.145. The van der Waals surface area contributed by atoms with Crippen molar-refractivity contribution in [3.8, 4) is 6.07 Å². The molecular weight excluding hydrogens is 508 g/mol. The third kappa shape index (κ3) is 6.35. The minimum Gasteiger partial charge on any atom is -0.383 e. The molecule has 1 unspecified atom stereocenters. The Morgan fingerprint density at radius 2 is 1.97 bits per heavy atom. The van der Waals surface area contributed by atoms with Crippen molar-refractivity contribution in [3.63, 3.8) is 0 Å². The van der Waals surface area contributed by atoms with Crippen LogP contribution in [0.5, 0.6) is 0 Å². The van der Waals surface area contributed by atoms with E-state index in [1.165, 1.54) is 20.4 Å². The second-order valence-corrected chi connectivity index (χ2v) is 11.6. The number of benzene rings is 1. The van der Waals surface area contributed by atoms with Crippen molar-refractivity contribution in [2.75, 3.05) is 62.7 Å². The molecule has 2 saturated heterocycles. The summed E-state index contributed by atoms with van der Waals surface area (Å²) in [4.78, 5) is 13.1. The van der Waals surface area contributed by atoms with Gasteiger partial charge in [-0.25, -0.2) is 4.68 Å². The molecule has 1 N–H and O–H groups in total. The summed E-state index contributed by atoms with van der Waals surface area (Å²) in [6, 6.07) is 8.31. The number of anilines is 2. The number of rotatable bonds is 10. The van der Waals surface area contributed by atoms with E-state index in [2.05, 4.69) is 10.4 Å². The van der Waals surface area contributed by atoms with E-state index in [1.807, 2.05) is 6.07 Å². The number of piperidine rings is 1. The topological polar surface area (TPSA) is 130 Å². The molecule has 1 aromatic carbocycles. The summed E-state index contributed by atoms with van der Waals surface area (Å²) in [5.74, 6) is 0.421. The molecule has 0 radical (unpaired) electrons. The fourth-order valence-electron chi connectivity index (χ4n) is 4.93. The third-order valence-corrected chi connectivity index (χ3v) is 9.21. The average molecular weight is 545 g/mol. The van der Waals surface area contributed by atoms with Crippen LogP contribution in [-0.2, 0) is 19.7 Å². The zero-order chi connectivity index (χ0) is 27.1. The monoisotopic (exact) mass is 544 g/mol. The minimum atomic E-state index is -3.84. The number of aromatic nitrogens is 2. The molecule has 2 aliphatic heterocycles. The van der Waals surface area contributed by atoms with Crippen molar-refractivity contribution >= 4 is 21.6 Å². The molecule has 3 heterocycles. The normalized spacial score (nSPS) is 19.1. The van der Waals surface area contributed by atoms with Crippen LogP contribution in [0.15, 0.2) is 35.3 Å². The molecule has 0 saturated carbocycles. The molecule has 12 heteroatoms. The van der Waals surface area contributed by atoms with Crippen LogP contribution in [-0.4, -0.2) is 75.6 Å². The first-order chi connectivity index (χ1) is 18.3. The predicted octanol–water partition coefficient (Wildman–Crippen LogP) is 2.30. The Kier molecular flexibility index (Phi) is 9.38. The van der Waals surface area contributed by atoms with Gasteiger partial charge in [0.25, 0.3) is 5.56 Å². The average Bonchev–Trinajstić information content (AvgIpc) is 2.95. The van der Waals surface area contributed by atoms with Crippen molar-refractivity contribution in [1.29, 1.82) is 5.26 Å². The molecule has 0 aliphatic carbocycles. The van der Waals surface area contributed by atoms with Crippen molar-refractivity contribution in [2.24, 2.45) is 5.92 Å². The van der Waals surface area contributed by atoms with E-state index in [9.17, 15) is 13.2 Å². The van der Waals surface area contributed by atoms with Crippen LogP contribution in [0.2, 0.25) is 0 Å². The van der Waals surface area contributed by atoms with E-state index in [-0.39, 0.29) is 37.8 Å². The molecule has 1 aromatic heterocycles. The zero-order valence-corrected chi connectivity index (χ0v) is 22.8. The highest BCUT2D eigenvalue weighted by Crippen LogP contribution is 2.27. The van der Waals surface area contributed by atoms with Crippen molar-refractivity contribution in [3.05, 3.63) is 51.9 Å². The van der Waals surface area contributed by atoms with Gasteiger partial charge in [-0.1, -0.05) is 0 Å². The van der Waals surface area contributed by atoms with Gasteiger partial charge in [0.1, 0.15) is 0 Å². The van der Waals surface area contributed by atoms with Gasteiger partial charge >= 0.3 is 10.2 Å². The SMILES string of the molecule is COCCN(c1ccc(C#N)cc1)S(=O)(=O)N1CCC(n2ncc(NCC3CCCOC3)c(C)c2=O)CC1. The summed E-state index contributed by atoms with van der Waals surface area (Å²) < 4.78 is 42.1. The highest BCUT2D eigenvalue weighted by atomic mass is 32.2. The number of hydrogen-bond donors (Lipinski definition) is 1. The summed E-state index contributed by atoms with van der Waals surface area (Å²) in [5, 5.41) is 16.9. The van der Waals surface area contributed by atoms with E-state index in [1.54, 1.807) is 37.4 Å². The van der Waals surface area contributed by atoms with Crippen LogP contribution in [0, 0.1) is 24.2 Å². The molecule has 0 bridgehead atoms. The summed E-state index contributed by atoms with van der Waals surface area (Å²) in [6.07, 6.45) is 4.80. The molecule has 1 atom stereocenters. The molecule has 0 spiro atoms. The Hall–Kier alpha value is -2.98. The van der Waals surface area contributed by atoms with Gasteiger partial charge in [-0.05, 0) is 62.8 Å². The maximum atomic E-state index is 13.6. The summed E-state index contributed by atoms with van der Waals surface area (Å²) in [5.41, 5.74) is 2.11. The lowest BCUT2D eigenvalue weighted by molar-refractivity contribution is 0.0595. The first-order valence-corrected chi connectivity index (χ1v) is 14.4. The fourth-order valence-corrected chi connectivity index (χ4v) is 6.57. The van der Waals surface area contributed by atoms with Crippen LogP contribution in [0.3, 0.4) is 0 Å². The van der Waals surface area contributed by atoms with Gasteiger partial charge in [0.05, 0.1) is 55.0 Å². The summed E-state index contributed by atoms with van der Waals surface area (Å²) in [6.45, 7) is 4.98. The number of ether oxygens (including phenoxy) is 2. The lowest BCUT2D eigenvalue weighted by Crippen LogP contribution is -2.49. The molecule has 2 fully saturated rings. The van der Waals surface area contributed by atoms with Gasteiger partial charge in [-0.15, -0.1) is 0 Å². The lowest BCUT2D eigenvalue weighted by Gasteiger charge is -2.36. The van der Waals surface area contributed by atoms with E-state index in [4.69, 9.17) is 14.7 Å². The van der Waals surface area contributed by atoms with Crippen LogP contribution in [0.1, 0.15) is 42.9 Å². The van der Waals surface area contributed by atoms with Crippen molar-refractivity contribution in [1.82, 2.24) is 14.1 Å². The molecule has 38 heavy (non-hydrogen) atoms. The van der Waals surface area contributed by atoms with Gasteiger partial charge in [0.15, 0.2) is 0 Å². The fraction of sp³-hybridized carbons (Fsp3) is 0.577. The van der Waals surface area contributed by atoms with E-state index in [0.717, 1.165) is 38.3 Å². The number of nitrogens with zero attached hydrogens (tertiary/aromatic N) is 5. The Balaban J connectivity index is 1.43. The second-order valence-electron chi connectivity index (χ2n) is 9.76. The highest BCUT2D eigenvalue weighted by Gasteiger charge is 2.34. The van der Waals surface area contributed by atoms with E-state index in [0.29, 0.717) is 35.6 Å². The largest absolute Gasteiger partial charge is 0.383 e. The first-order valence-electron chi connectivity index (χ1n) is 13.0. The lowest BCUT2D eigenvalue weighted by atomic mass is 10.0. The van der Waals surface area contributed by atoms with E-state index >= 15 is 0 Å². The van der Waals surface area contributed by atoms with Gasteiger partial charge < -0.3 is 14.8 Å². The molecule has 11 nitrogen and oxygen atoms in total. The van der Waals surface area contributed by atoms with Crippen LogP contribution >= 0.6 is 0 Å². The molecule has 0 amide bonds. The smallest absolute Gasteiger partial charge is 0.304 e. The maximum absolute atomic E-state index is 13.6. The number of nitrogens with one attached hydrogen (secondary N) is 1. The number of hydrogen-bond acceptors (Lipinski definition) is 8. The van der Waals surface area contributed by atoms with Crippen LogP contribution in [0.25, 0.3) is 0 Å². The Morgan fingerprint density at radius 3 is 2.61 bits per heavy atom. The van der Waals surface area contributed by atoms with Gasteiger partial charge in [0, 0.05) is 38.9 Å². The molecule has 206 valence electrons. The first kappa shape index (κ1) is 28.0. The van der Waals surface area contributed by atoms with E-state index < -0.39 is 10.2 Å².